The van der Waals surface area contributed by atoms with E-state index in [2.05, 4.69) is 0 Å². The topological polar surface area (TPSA) is 113 Å². The molecular formula is C19H20O8S2. The molecule has 0 unspecified atom stereocenters. The van der Waals surface area contributed by atoms with Crippen LogP contribution in [0.2, 0.25) is 0 Å². The summed E-state index contributed by atoms with van der Waals surface area (Å²) in [5, 5.41) is 0. The molecule has 0 radical (unpaired) electrons. The molecule has 156 valence electrons. The first-order valence-corrected chi connectivity index (χ1v) is 12.3. The lowest BCUT2D eigenvalue weighted by atomic mass is 9.93. The average Bonchev–Trinajstić information content (AvgIpc) is 3.00. The maximum Gasteiger partial charge on any atom is 0.264 e. The molecule has 1 aliphatic heterocycles. The number of benzene rings is 2. The van der Waals surface area contributed by atoms with Gasteiger partial charge in [-0.25, -0.2) is 0 Å². The first-order valence-electron chi connectivity index (χ1n) is 8.62. The van der Waals surface area contributed by atoms with Crippen LogP contribution in [0.1, 0.15) is 27.6 Å². The van der Waals surface area contributed by atoms with Crippen LogP contribution in [-0.2, 0) is 33.3 Å². The number of carbonyl (C=O) groups excluding carboxylic acids is 1. The molecule has 1 aliphatic rings. The van der Waals surface area contributed by atoms with Crippen LogP contribution in [0.5, 0.6) is 0 Å². The minimum Gasteiger partial charge on any atom is -0.368 e. The molecule has 2 aromatic rings. The Labute approximate surface area is 169 Å². The summed E-state index contributed by atoms with van der Waals surface area (Å²) in [6.07, 6.45) is -1.76. The van der Waals surface area contributed by atoms with Gasteiger partial charge in [0.1, 0.15) is 18.3 Å². The Morgan fingerprint density at radius 3 is 2.10 bits per heavy atom. The molecule has 3 atom stereocenters. The zero-order valence-electron chi connectivity index (χ0n) is 15.7. The maximum atomic E-state index is 13.0. The van der Waals surface area contributed by atoms with Crippen molar-refractivity contribution in [2.75, 3.05) is 19.1 Å². The first-order chi connectivity index (χ1) is 13.6. The smallest absolute Gasteiger partial charge is 0.264 e. The number of carbonyl (C=O) groups is 1. The van der Waals surface area contributed by atoms with E-state index in [4.69, 9.17) is 13.1 Å². The maximum absolute atomic E-state index is 13.0. The van der Waals surface area contributed by atoms with Gasteiger partial charge in [0.05, 0.1) is 19.1 Å². The third kappa shape index (κ3) is 5.49. The molecule has 10 heteroatoms. The predicted octanol–water partition coefficient (Wildman–Crippen LogP) is 1.68. The summed E-state index contributed by atoms with van der Waals surface area (Å²) >= 11 is 0. The van der Waals surface area contributed by atoms with Gasteiger partial charge >= 0.3 is 0 Å². The lowest BCUT2D eigenvalue weighted by Gasteiger charge is -2.23. The Balaban J connectivity index is 2.01. The van der Waals surface area contributed by atoms with Crippen molar-refractivity contribution in [3.8, 4) is 0 Å². The van der Waals surface area contributed by atoms with E-state index in [0.717, 1.165) is 12.5 Å². The Hall–Kier alpha value is -2.11. The van der Waals surface area contributed by atoms with E-state index in [9.17, 15) is 21.6 Å². The van der Waals surface area contributed by atoms with Crippen LogP contribution in [0, 0.1) is 0 Å². The van der Waals surface area contributed by atoms with Crippen LogP contribution in [0.25, 0.3) is 0 Å². The van der Waals surface area contributed by atoms with Crippen molar-refractivity contribution >= 4 is 26.0 Å². The third-order valence-electron chi connectivity index (χ3n) is 4.24. The molecule has 0 N–H and O–H groups in total. The Kier molecular flexibility index (Phi) is 6.20. The van der Waals surface area contributed by atoms with Crippen molar-refractivity contribution in [1.29, 1.82) is 0 Å². The monoisotopic (exact) mass is 440 g/mol. The second kappa shape index (κ2) is 8.33. The molecule has 0 aromatic heterocycles. The molecule has 0 aliphatic carbocycles. The highest BCUT2D eigenvalue weighted by Crippen LogP contribution is 2.36. The summed E-state index contributed by atoms with van der Waals surface area (Å²) in [7, 11) is -7.85. The van der Waals surface area contributed by atoms with Gasteiger partial charge in [0.15, 0.2) is 5.78 Å². The fourth-order valence-corrected chi connectivity index (χ4v) is 4.41. The second-order valence-corrected chi connectivity index (χ2v) is 9.84. The van der Waals surface area contributed by atoms with Crippen molar-refractivity contribution in [3.63, 3.8) is 0 Å². The van der Waals surface area contributed by atoms with Gasteiger partial charge in [-0.05, 0) is 5.56 Å². The molecule has 8 nitrogen and oxygen atoms in total. The molecule has 0 amide bonds. The van der Waals surface area contributed by atoms with Gasteiger partial charge in [-0.1, -0.05) is 54.6 Å². The highest BCUT2D eigenvalue weighted by atomic mass is 32.2. The molecular weight excluding hydrogens is 420 g/mol. The number of rotatable bonds is 7. The van der Waals surface area contributed by atoms with Crippen molar-refractivity contribution in [3.05, 3.63) is 71.3 Å². The standard InChI is InChI=1S/C19H20O8S2/c1-28(21,22)26-16-12-25-18(19(16)27-29(2,23)24)15-11-7-6-10-14(15)17(20)13-8-4-3-5-9-13/h3-11,16,18-19H,12H2,1-2H3/t16-,18+,19-/m0/s1. The number of hydrogen-bond acceptors (Lipinski definition) is 8. The summed E-state index contributed by atoms with van der Waals surface area (Å²) in [6, 6.07) is 15.1. The molecule has 0 spiro atoms. The molecule has 1 fully saturated rings. The van der Waals surface area contributed by atoms with Crippen LogP contribution in [-0.4, -0.2) is 53.9 Å². The van der Waals surface area contributed by atoms with E-state index < -0.39 is 38.5 Å². The Morgan fingerprint density at radius 2 is 1.48 bits per heavy atom. The van der Waals surface area contributed by atoms with Gasteiger partial charge < -0.3 is 4.74 Å². The fourth-order valence-electron chi connectivity index (χ4n) is 3.17. The lowest BCUT2D eigenvalue weighted by Crippen LogP contribution is -2.35. The van der Waals surface area contributed by atoms with Crippen LogP contribution in [0.3, 0.4) is 0 Å². The second-order valence-electron chi connectivity index (χ2n) is 6.64. The SMILES string of the molecule is CS(=O)(=O)O[C@H]1[C@@H](OS(C)(=O)=O)CO[C@@H]1c1ccccc1C(=O)c1ccccc1. The van der Waals surface area contributed by atoms with E-state index in [1.807, 2.05) is 0 Å². The zero-order valence-corrected chi connectivity index (χ0v) is 17.4. The van der Waals surface area contributed by atoms with E-state index in [1.54, 1.807) is 54.6 Å². The van der Waals surface area contributed by atoms with E-state index in [-0.39, 0.29) is 12.4 Å². The number of hydrogen-bond donors (Lipinski definition) is 0. The summed E-state index contributed by atoms with van der Waals surface area (Å²) in [6.45, 7) is -0.216. The van der Waals surface area contributed by atoms with Crippen molar-refractivity contribution in [2.45, 2.75) is 18.3 Å². The van der Waals surface area contributed by atoms with Crippen molar-refractivity contribution in [1.82, 2.24) is 0 Å². The molecule has 0 bridgehead atoms. The largest absolute Gasteiger partial charge is 0.368 e. The van der Waals surface area contributed by atoms with Crippen LogP contribution in [0.4, 0.5) is 0 Å². The van der Waals surface area contributed by atoms with E-state index >= 15 is 0 Å². The lowest BCUT2D eigenvalue weighted by molar-refractivity contribution is 0.0494. The molecule has 3 rings (SSSR count). The molecule has 0 saturated carbocycles. The highest BCUT2D eigenvalue weighted by Gasteiger charge is 2.45. The van der Waals surface area contributed by atoms with Gasteiger partial charge in [-0.3, -0.25) is 13.2 Å². The summed E-state index contributed by atoms with van der Waals surface area (Å²) < 4.78 is 62.4. The third-order valence-corrected chi connectivity index (χ3v) is 5.41. The molecule has 2 aromatic carbocycles. The minimum absolute atomic E-state index is 0.216. The van der Waals surface area contributed by atoms with Gasteiger partial charge in [-0.15, -0.1) is 0 Å². The number of ketones is 1. The number of ether oxygens (including phenoxy) is 1. The molecule has 1 heterocycles. The highest BCUT2D eigenvalue weighted by molar-refractivity contribution is 7.86. The quantitative estimate of drug-likeness (QED) is 0.472. The van der Waals surface area contributed by atoms with Gasteiger partial charge in [-0.2, -0.15) is 16.8 Å². The normalized spacial score (nSPS) is 22.5. The van der Waals surface area contributed by atoms with Crippen LogP contribution < -0.4 is 0 Å². The summed E-state index contributed by atoms with van der Waals surface area (Å²) in [4.78, 5) is 13.0. The van der Waals surface area contributed by atoms with Gasteiger partial charge in [0, 0.05) is 11.1 Å². The van der Waals surface area contributed by atoms with Crippen molar-refractivity contribution < 1.29 is 34.7 Å². The summed E-state index contributed by atoms with van der Waals surface area (Å²) in [5.74, 6) is -0.282. The van der Waals surface area contributed by atoms with Crippen molar-refractivity contribution in [2.24, 2.45) is 0 Å². The fraction of sp³-hybridized carbons (Fsp3) is 0.316. The Morgan fingerprint density at radius 1 is 0.897 bits per heavy atom. The van der Waals surface area contributed by atoms with Crippen LogP contribution >= 0.6 is 0 Å². The summed E-state index contributed by atoms with van der Waals surface area (Å²) in [5.41, 5.74) is 1.13. The van der Waals surface area contributed by atoms with E-state index in [1.165, 1.54) is 0 Å². The Bertz CT molecular complexity index is 1090. The average molecular weight is 440 g/mol. The minimum atomic E-state index is -3.96. The predicted molar refractivity (Wildman–Crippen MR) is 104 cm³/mol. The molecule has 29 heavy (non-hydrogen) atoms. The van der Waals surface area contributed by atoms with Gasteiger partial charge in [0.2, 0.25) is 0 Å². The van der Waals surface area contributed by atoms with Crippen LogP contribution in [0.15, 0.2) is 54.6 Å². The van der Waals surface area contributed by atoms with Gasteiger partial charge in [0.25, 0.3) is 20.2 Å². The zero-order chi connectivity index (χ0) is 21.2. The van der Waals surface area contributed by atoms with E-state index in [0.29, 0.717) is 16.7 Å². The molecule has 1 saturated heterocycles. The first kappa shape index (κ1) is 21.6.